The van der Waals surface area contributed by atoms with Crippen LogP contribution < -0.4 is 11.1 Å². The summed E-state index contributed by atoms with van der Waals surface area (Å²) in [6.45, 7) is 12.4. The number of nitrogens with two attached hydrogens (primary N) is 1. The van der Waals surface area contributed by atoms with Crippen LogP contribution in [0.15, 0.2) is 0 Å². The maximum atomic E-state index is 6.00. The Bertz CT molecular complexity index is 229. The van der Waals surface area contributed by atoms with E-state index in [0.717, 1.165) is 19.0 Å². The first-order valence-corrected chi connectivity index (χ1v) is 8.42. The summed E-state index contributed by atoms with van der Waals surface area (Å²) < 4.78 is 0. The van der Waals surface area contributed by atoms with Crippen LogP contribution >= 0.6 is 0 Å². The van der Waals surface area contributed by atoms with Gasteiger partial charge in [0.1, 0.15) is 0 Å². The van der Waals surface area contributed by atoms with Crippen LogP contribution in [0, 0.1) is 16.7 Å². The monoisotopic (exact) mass is 268 g/mol. The van der Waals surface area contributed by atoms with Crippen molar-refractivity contribution in [1.82, 2.24) is 5.32 Å². The standard InChI is InChI=1S/C17H36N2/c1-5-16(6-2,12-18)13-19-14-17(11-15(3)4)9-7-8-10-17/h15,19H,5-14,18H2,1-4H3. The highest BCUT2D eigenvalue weighted by Gasteiger charge is 2.34. The van der Waals surface area contributed by atoms with E-state index in [2.05, 4.69) is 33.0 Å². The van der Waals surface area contributed by atoms with Crippen LogP contribution in [0.1, 0.15) is 72.6 Å². The van der Waals surface area contributed by atoms with Gasteiger partial charge in [-0.2, -0.15) is 0 Å². The maximum absolute atomic E-state index is 6.00. The number of hydrogen-bond acceptors (Lipinski definition) is 2. The third kappa shape index (κ3) is 4.75. The first-order valence-electron chi connectivity index (χ1n) is 8.42. The van der Waals surface area contributed by atoms with E-state index in [1.165, 1.54) is 51.5 Å². The molecule has 2 nitrogen and oxygen atoms in total. The summed E-state index contributed by atoms with van der Waals surface area (Å²) in [7, 11) is 0. The normalized spacial score (nSPS) is 19.3. The molecule has 0 radical (unpaired) electrons. The van der Waals surface area contributed by atoms with Gasteiger partial charge < -0.3 is 11.1 Å². The minimum atomic E-state index is 0.317. The molecule has 0 aromatic rings. The highest BCUT2D eigenvalue weighted by atomic mass is 14.9. The average molecular weight is 268 g/mol. The van der Waals surface area contributed by atoms with E-state index in [1.54, 1.807) is 0 Å². The molecule has 1 saturated carbocycles. The van der Waals surface area contributed by atoms with Gasteiger partial charge in [-0.3, -0.25) is 0 Å². The number of nitrogens with one attached hydrogen (secondary N) is 1. The van der Waals surface area contributed by atoms with Gasteiger partial charge in [0.2, 0.25) is 0 Å². The smallest absolute Gasteiger partial charge is 0.00199 e. The molecule has 0 spiro atoms. The molecule has 19 heavy (non-hydrogen) atoms. The zero-order chi connectivity index (χ0) is 14.4. The van der Waals surface area contributed by atoms with Gasteiger partial charge in [0.15, 0.2) is 0 Å². The van der Waals surface area contributed by atoms with Gasteiger partial charge in [-0.25, -0.2) is 0 Å². The summed E-state index contributed by atoms with van der Waals surface area (Å²) in [6.07, 6.45) is 9.45. The molecular formula is C17H36N2. The molecule has 1 rings (SSSR count). The van der Waals surface area contributed by atoms with Crippen molar-refractivity contribution in [2.75, 3.05) is 19.6 Å². The fourth-order valence-corrected chi connectivity index (χ4v) is 3.90. The summed E-state index contributed by atoms with van der Waals surface area (Å²) in [5.74, 6) is 0.816. The Hall–Kier alpha value is -0.0800. The molecule has 0 aromatic carbocycles. The second-order valence-corrected chi connectivity index (χ2v) is 7.32. The molecule has 1 fully saturated rings. The molecule has 3 N–H and O–H groups in total. The molecule has 0 heterocycles. The number of rotatable bonds is 9. The zero-order valence-corrected chi connectivity index (χ0v) is 13.7. The van der Waals surface area contributed by atoms with Gasteiger partial charge in [-0.15, -0.1) is 0 Å². The van der Waals surface area contributed by atoms with E-state index in [-0.39, 0.29) is 0 Å². The van der Waals surface area contributed by atoms with E-state index < -0.39 is 0 Å². The first-order chi connectivity index (χ1) is 9.01. The Labute approximate surface area is 120 Å². The molecular weight excluding hydrogens is 232 g/mol. The van der Waals surface area contributed by atoms with E-state index in [4.69, 9.17) is 5.73 Å². The fraction of sp³-hybridized carbons (Fsp3) is 1.00. The lowest BCUT2D eigenvalue weighted by Crippen LogP contribution is -2.43. The molecule has 1 aliphatic rings. The second kappa shape index (κ2) is 7.64. The van der Waals surface area contributed by atoms with E-state index in [0.29, 0.717) is 10.8 Å². The van der Waals surface area contributed by atoms with Crippen molar-refractivity contribution in [3.8, 4) is 0 Å². The fourth-order valence-electron chi connectivity index (χ4n) is 3.90. The summed E-state index contributed by atoms with van der Waals surface area (Å²) in [4.78, 5) is 0. The van der Waals surface area contributed by atoms with E-state index >= 15 is 0 Å². The van der Waals surface area contributed by atoms with Gasteiger partial charge >= 0.3 is 0 Å². The predicted octanol–water partition coefficient (Wildman–Crippen LogP) is 3.95. The van der Waals surface area contributed by atoms with Crippen LogP contribution in [0.2, 0.25) is 0 Å². The molecule has 0 aromatic heterocycles. The Kier molecular flexibility index (Phi) is 6.82. The van der Waals surface area contributed by atoms with Crippen molar-refractivity contribution in [1.29, 1.82) is 0 Å². The number of hydrogen-bond donors (Lipinski definition) is 2. The van der Waals surface area contributed by atoms with Crippen LogP contribution in [-0.4, -0.2) is 19.6 Å². The Morgan fingerprint density at radius 1 is 1.16 bits per heavy atom. The van der Waals surface area contributed by atoms with Crippen LogP contribution in [0.3, 0.4) is 0 Å². The van der Waals surface area contributed by atoms with Gasteiger partial charge in [0, 0.05) is 13.1 Å². The van der Waals surface area contributed by atoms with Crippen molar-refractivity contribution < 1.29 is 0 Å². The van der Waals surface area contributed by atoms with E-state index in [9.17, 15) is 0 Å². The topological polar surface area (TPSA) is 38.0 Å². The van der Waals surface area contributed by atoms with Crippen molar-refractivity contribution in [2.24, 2.45) is 22.5 Å². The Morgan fingerprint density at radius 3 is 2.16 bits per heavy atom. The maximum Gasteiger partial charge on any atom is 0.00199 e. The third-order valence-corrected chi connectivity index (χ3v) is 5.44. The molecule has 0 aliphatic heterocycles. The molecule has 0 unspecified atom stereocenters. The lowest BCUT2D eigenvalue weighted by molar-refractivity contribution is 0.195. The Balaban J connectivity index is 2.48. The minimum Gasteiger partial charge on any atom is -0.330 e. The molecule has 114 valence electrons. The van der Waals surface area contributed by atoms with Gasteiger partial charge in [-0.05, 0) is 55.4 Å². The summed E-state index contributed by atoms with van der Waals surface area (Å²) in [5.41, 5.74) is 6.89. The molecule has 0 atom stereocenters. The lowest BCUT2D eigenvalue weighted by atomic mass is 9.77. The third-order valence-electron chi connectivity index (χ3n) is 5.44. The van der Waals surface area contributed by atoms with Crippen LogP contribution in [0.4, 0.5) is 0 Å². The van der Waals surface area contributed by atoms with Crippen molar-refractivity contribution in [3.05, 3.63) is 0 Å². The SMILES string of the molecule is CCC(CC)(CN)CNCC1(CC(C)C)CCCC1. The highest BCUT2D eigenvalue weighted by Crippen LogP contribution is 2.42. The lowest BCUT2D eigenvalue weighted by Gasteiger charge is -2.35. The first kappa shape index (κ1) is 17.0. The average Bonchev–Trinajstić information content (AvgIpc) is 2.83. The van der Waals surface area contributed by atoms with Crippen molar-refractivity contribution >= 4 is 0 Å². The quantitative estimate of drug-likeness (QED) is 0.664. The summed E-state index contributed by atoms with van der Waals surface area (Å²) >= 11 is 0. The zero-order valence-electron chi connectivity index (χ0n) is 13.7. The highest BCUT2D eigenvalue weighted by molar-refractivity contribution is 4.89. The molecule has 2 heteroatoms. The predicted molar refractivity (Wildman–Crippen MR) is 85.3 cm³/mol. The van der Waals surface area contributed by atoms with Gasteiger partial charge in [-0.1, -0.05) is 40.5 Å². The van der Waals surface area contributed by atoms with E-state index in [1.807, 2.05) is 0 Å². The van der Waals surface area contributed by atoms with Crippen LogP contribution in [-0.2, 0) is 0 Å². The minimum absolute atomic E-state index is 0.317. The molecule has 1 aliphatic carbocycles. The van der Waals surface area contributed by atoms with Crippen molar-refractivity contribution in [3.63, 3.8) is 0 Å². The van der Waals surface area contributed by atoms with Gasteiger partial charge in [0.25, 0.3) is 0 Å². The second-order valence-electron chi connectivity index (χ2n) is 7.32. The summed E-state index contributed by atoms with van der Waals surface area (Å²) in [6, 6.07) is 0. The van der Waals surface area contributed by atoms with Crippen LogP contribution in [0.5, 0.6) is 0 Å². The van der Waals surface area contributed by atoms with Crippen LogP contribution in [0.25, 0.3) is 0 Å². The van der Waals surface area contributed by atoms with Crippen molar-refractivity contribution in [2.45, 2.75) is 72.6 Å². The molecule has 0 amide bonds. The largest absolute Gasteiger partial charge is 0.330 e. The Morgan fingerprint density at radius 2 is 1.74 bits per heavy atom. The summed E-state index contributed by atoms with van der Waals surface area (Å²) in [5, 5.41) is 3.79. The molecule has 0 bridgehead atoms. The van der Waals surface area contributed by atoms with Gasteiger partial charge in [0.05, 0.1) is 0 Å². The molecule has 0 saturated heterocycles.